The molecule has 0 aliphatic carbocycles. The minimum absolute atomic E-state index is 0.00451. The van der Waals surface area contributed by atoms with Crippen LogP contribution in [0.5, 0.6) is 5.75 Å². The average molecular weight is 467 g/mol. The molecule has 5 N–H and O–H groups in total. The monoisotopic (exact) mass is 466 g/mol. The van der Waals surface area contributed by atoms with E-state index >= 15 is 0 Å². The number of guanidine groups is 2. The van der Waals surface area contributed by atoms with E-state index in [-0.39, 0.29) is 12.0 Å². The number of nitrogens with zero attached hydrogens (tertiary/aromatic N) is 5. The maximum Gasteiger partial charge on any atom is 0.315 e. The first kappa shape index (κ1) is 22.1. The molecule has 0 saturated heterocycles. The lowest BCUT2D eigenvalue weighted by Crippen LogP contribution is -2.49. The molecule has 1 aliphatic rings. The highest BCUT2D eigenvalue weighted by atomic mass is 32.2. The maximum atomic E-state index is 12.0. The van der Waals surface area contributed by atoms with Crippen molar-refractivity contribution in [1.29, 1.82) is 0 Å². The summed E-state index contributed by atoms with van der Waals surface area (Å²) in [5.41, 5.74) is 12.7. The van der Waals surface area contributed by atoms with Crippen LogP contribution in [0, 0.1) is 6.92 Å². The van der Waals surface area contributed by atoms with Crippen LogP contribution in [0.1, 0.15) is 11.3 Å². The Hall–Kier alpha value is -2.64. The Morgan fingerprint density at radius 1 is 1.37 bits per heavy atom. The normalized spacial score (nSPS) is 17.4. The summed E-state index contributed by atoms with van der Waals surface area (Å²) in [6.07, 6.45) is 0. The van der Waals surface area contributed by atoms with Crippen molar-refractivity contribution < 1.29 is 8.95 Å². The van der Waals surface area contributed by atoms with E-state index in [0.29, 0.717) is 23.4 Å². The van der Waals surface area contributed by atoms with Gasteiger partial charge in [-0.15, -0.1) is 15.7 Å². The number of ether oxygens (including phenoxy) is 1. The van der Waals surface area contributed by atoms with E-state index in [9.17, 15) is 4.21 Å². The number of nitrogens with one attached hydrogen (secondary N) is 1. The van der Waals surface area contributed by atoms with Gasteiger partial charge in [-0.05, 0) is 19.1 Å². The van der Waals surface area contributed by atoms with E-state index in [1.165, 1.54) is 11.3 Å². The Bertz CT molecular complexity index is 983. The fraction of sp³-hybridized carbons (Fsp3) is 0.294. The Labute approximate surface area is 185 Å². The summed E-state index contributed by atoms with van der Waals surface area (Å²) in [6, 6.07) is 7.76. The number of aliphatic imine (C=N–C) groups is 2. The fourth-order valence-electron chi connectivity index (χ4n) is 2.25. The van der Waals surface area contributed by atoms with Crippen LogP contribution in [0.3, 0.4) is 0 Å². The molecule has 30 heavy (non-hydrogen) atoms. The third-order valence-electron chi connectivity index (χ3n) is 3.69. The van der Waals surface area contributed by atoms with Crippen molar-refractivity contribution in [3.05, 3.63) is 40.9 Å². The highest BCUT2D eigenvalue weighted by molar-refractivity contribution is 7.98. The van der Waals surface area contributed by atoms with E-state index in [4.69, 9.17) is 16.2 Å². The third kappa shape index (κ3) is 6.43. The van der Waals surface area contributed by atoms with Gasteiger partial charge < -0.3 is 16.2 Å². The maximum absolute atomic E-state index is 12.0. The Balaban J connectivity index is 1.51. The van der Waals surface area contributed by atoms with Crippen LogP contribution in [0.2, 0.25) is 0 Å². The minimum atomic E-state index is -1.65. The first-order valence-corrected chi connectivity index (χ1v) is 12.0. The smallest absolute Gasteiger partial charge is 0.315 e. The van der Waals surface area contributed by atoms with E-state index in [0.717, 1.165) is 22.8 Å². The number of thiazole rings is 1. The predicted molar refractivity (Wildman–Crippen MR) is 124 cm³/mol. The summed E-state index contributed by atoms with van der Waals surface area (Å²) in [5, 5.41) is 2.47. The molecule has 2 aromatic rings. The zero-order valence-electron chi connectivity index (χ0n) is 16.4. The molecular weight excluding hydrogens is 444 g/mol. The van der Waals surface area contributed by atoms with Crippen molar-refractivity contribution in [2.45, 2.75) is 12.7 Å². The Morgan fingerprint density at radius 3 is 2.87 bits per heavy atom. The fourth-order valence-corrected chi connectivity index (χ4v) is 4.48. The molecule has 1 aromatic heterocycles. The molecule has 0 bridgehead atoms. The number of aromatic nitrogens is 1. The van der Waals surface area contributed by atoms with Gasteiger partial charge in [-0.2, -0.15) is 16.8 Å². The summed E-state index contributed by atoms with van der Waals surface area (Å²) in [4.78, 5) is 14.4. The summed E-state index contributed by atoms with van der Waals surface area (Å²) in [7, 11) is 1.75. The third-order valence-corrected chi connectivity index (χ3v) is 6.12. The van der Waals surface area contributed by atoms with Crippen molar-refractivity contribution in [2.75, 3.05) is 19.3 Å². The number of thioether (sulfide) groups is 1. The van der Waals surface area contributed by atoms with Gasteiger partial charge in [0.05, 0.1) is 12.2 Å². The Morgan fingerprint density at radius 2 is 2.13 bits per heavy atom. The standard InChI is InChI=1S/C17H22N8O2S3/c1-11-3-5-13(6-4-11)27-17-24-30(26)23-15(25(17)2)20-7-8-28-9-12-10-29-16(21-12)22-14(18)19/h3-6,10H,7-9H2,1-2H3,(H,20,23)(H4,18,19,21,22). The second-order valence-electron chi connectivity index (χ2n) is 6.12. The van der Waals surface area contributed by atoms with Crippen LogP contribution < -0.4 is 20.9 Å². The summed E-state index contributed by atoms with van der Waals surface area (Å²) >= 11 is 1.42. The van der Waals surface area contributed by atoms with Gasteiger partial charge in [0.25, 0.3) is 0 Å². The van der Waals surface area contributed by atoms with Crippen molar-refractivity contribution >= 4 is 57.3 Å². The highest BCUT2D eigenvalue weighted by Gasteiger charge is 2.23. The molecule has 1 unspecified atom stereocenters. The molecule has 1 atom stereocenters. The molecule has 13 heteroatoms. The average Bonchev–Trinajstić information content (AvgIpc) is 3.13. The number of nitrogens with two attached hydrogens (primary N) is 2. The van der Waals surface area contributed by atoms with Crippen LogP contribution in [0.15, 0.2) is 44.0 Å². The summed E-state index contributed by atoms with van der Waals surface area (Å²) in [5.74, 6) is 2.53. The van der Waals surface area contributed by atoms with Gasteiger partial charge in [-0.25, -0.2) is 9.19 Å². The molecule has 3 rings (SSSR count). The molecule has 0 radical (unpaired) electrons. The quantitative estimate of drug-likeness (QED) is 0.319. The van der Waals surface area contributed by atoms with Gasteiger partial charge in [-0.3, -0.25) is 14.6 Å². The van der Waals surface area contributed by atoms with E-state index in [1.807, 2.05) is 36.6 Å². The lowest BCUT2D eigenvalue weighted by Gasteiger charge is -2.25. The molecule has 0 amide bonds. The van der Waals surface area contributed by atoms with Gasteiger partial charge in [0.15, 0.2) is 5.96 Å². The molecule has 1 aliphatic heterocycles. The number of hydrogen-bond donors (Lipinski definition) is 3. The summed E-state index contributed by atoms with van der Waals surface area (Å²) < 4.78 is 24.5. The Kier molecular flexibility index (Phi) is 7.65. The second kappa shape index (κ2) is 10.4. The van der Waals surface area contributed by atoms with Crippen LogP contribution in [-0.4, -0.2) is 51.4 Å². The zero-order chi connectivity index (χ0) is 21.5. The van der Waals surface area contributed by atoms with Gasteiger partial charge in [0, 0.05) is 23.9 Å². The van der Waals surface area contributed by atoms with Crippen LogP contribution >= 0.6 is 23.1 Å². The zero-order valence-corrected chi connectivity index (χ0v) is 18.9. The lowest BCUT2D eigenvalue weighted by atomic mass is 10.2. The SMILES string of the molecule is Cc1ccc(OC2=NS(=O)NC(=NCCSCc3csc(N=C(N)N)n3)N2C)cc1. The number of benzene rings is 1. The van der Waals surface area contributed by atoms with E-state index in [1.54, 1.807) is 23.7 Å². The molecular formula is C17H22N8O2S3. The van der Waals surface area contributed by atoms with Crippen molar-refractivity contribution in [3.8, 4) is 5.75 Å². The van der Waals surface area contributed by atoms with Gasteiger partial charge in [0.1, 0.15) is 5.75 Å². The highest BCUT2D eigenvalue weighted by Crippen LogP contribution is 2.21. The first-order chi connectivity index (χ1) is 14.4. The van der Waals surface area contributed by atoms with Crippen molar-refractivity contribution in [2.24, 2.45) is 25.8 Å². The van der Waals surface area contributed by atoms with Crippen LogP contribution in [0.25, 0.3) is 0 Å². The minimum Gasteiger partial charge on any atom is -0.425 e. The van der Waals surface area contributed by atoms with Gasteiger partial charge >= 0.3 is 6.02 Å². The lowest BCUT2D eigenvalue weighted by molar-refractivity contribution is 0.464. The molecule has 1 aromatic carbocycles. The molecule has 0 fully saturated rings. The topological polar surface area (TPSA) is 144 Å². The number of rotatable bonds is 7. The van der Waals surface area contributed by atoms with E-state index in [2.05, 4.69) is 24.1 Å². The van der Waals surface area contributed by atoms with Gasteiger partial charge in [0.2, 0.25) is 22.3 Å². The van der Waals surface area contributed by atoms with Crippen LogP contribution in [0.4, 0.5) is 5.13 Å². The van der Waals surface area contributed by atoms with Gasteiger partial charge in [-0.1, -0.05) is 17.7 Å². The second-order valence-corrected chi connectivity index (χ2v) is 8.94. The van der Waals surface area contributed by atoms with Crippen LogP contribution in [-0.2, 0) is 16.9 Å². The molecule has 2 heterocycles. The van der Waals surface area contributed by atoms with Crippen molar-refractivity contribution in [1.82, 2.24) is 14.6 Å². The summed E-state index contributed by atoms with van der Waals surface area (Å²) in [6.45, 7) is 2.52. The number of hydrogen-bond acceptors (Lipinski definition) is 7. The van der Waals surface area contributed by atoms with Crippen molar-refractivity contribution in [3.63, 3.8) is 0 Å². The molecule has 0 saturated carbocycles. The number of aryl methyl sites for hydroxylation is 1. The molecule has 10 nitrogen and oxygen atoms in total. The largest absolute Gasteiger partial charge is 0.425 e. The first-order valence-electron chi connectivity index (χ1n) is 8.82. The molecule has 0 spiro atoms. The predicted octanol–water partition coefficient (Wildman–Crippen LogP) is 1.49. The molecule has 160 valence electrons. The number of amidine groups is 1. The van der Waals surface area contributed by atoms with E-state index < -0.39 is 11.2 Å².